The van der Waals surface area contributed by atoms with Crippen LogP contribution in [0.3, 0.4) is 0 Å². The van der Waals surface area contributed by atoms with Gasteiger partial charge in [-0.1, -0.05) is 34.8 Å². The number of carbonyl (C=O) groups is 2. The Labute approximate surface area is 107 Å². The van der Waals surface area contributed by atoms with Gasteiger partial charge in [-0.2, -0.15) is 0 Å². The fraction of sp³-hybridized carbons (Fsp3) is 0.750. The van der Waals surface area contributed by atoms with Crippen LogP contribution >= 0.6 is 34.8 Å². The normalized spacial score (nSPS) is 25.2. The second-order valence-corrected chi connectivity index (χ2v) is 5.53. The molecule has 0 unspecified atom stereocenters. The summed E-state index contributed by atoms with van der Waals surface area (Å²) in [4.78, 5) is 22.3. The van der Waals surface area contributed by atoms with Gasteiger partial charge in [0.15, 0.2) is 0 Å². The minimum Gasteiger partial charge on any atom is -0.468 e. The molecule has 1 N–H and O–H groups in total. The highest BCUT2D eigenvalue weighted by Crippen LogP contribution is 2.28. The van der Waals surface area contributed by atoms with Crippen molar-refractivity contribution in [1.29, 1.82) is 0 Å². The number of alkyl halides is 3. The number of halogens is 3. The molecule has 0 radical (unpaired) electrons. The van der Waals surface area contributed by atoms with Crippen LogP contribution in [0.4, 0.5) is 0 Å². The molecule has 1 saturated heterocycles. The third-order valence-corrected chi connectivity index (χ3v) is 2.54. The van der Waals surface area contributed by atoms with Gasteiger partial charge in [0.1, 0.15) is 12.1 Å². The number of ether oxygens (including phenoxy) is 2. The Balaban J connectivity index is 2.43. The molecule has 16 heavy (non-hydrogen) atoms. The molecule has 0 aromatic carbocycles. The molecule has 1 aliphatic heterocycles. The summed E-state index contributed by atoms with van der Waals surface area (Å²) in [5, 5.41) is 2.83. The zero-order valence-electron chi connectivity index (χ0n) is 8.34. The van der Waals surface area contributed by atoms with E-state index >= 15 is 0 Å². The maximum Gasteiger partial charge on any atom is 0.358 e. The molecule has 0 bridgehead atoms. The summed E-state index contributed by atoms with van der Waals surface area (Å²) in [6, 6.07) is -0.488. The fourth-order valence-electron chi connectivity index (χ4n) is 1.33. The van der Waals surface area contributed by atoms with E-state index in [1.165, 1.54) is 7.11 Å². The minimum absolute atomic E-state index is 0.305. The lowest BCUT2D eigenvalue weighted by atomic mass is 10.2. The third-order valence-electron chi connectivity index (χ3n) is 2.08. The SMILES string of the molecule is COC(=O)[C@@H]1C[C@H](OC(=O)C(Cl)(Cl)Cl)CN1. The Morgan fingerprint density at radius 1 is 1.38 bits per heavy atom. The summed E-state index contributed by atoms with van der Waals surface area (Å²) in [5.74, 6) is -1.36. The average molecular weight is 291 g/mol. The van der Waals surface area contributed by atoms with E-state index < -0.39 is 27.9 Å². The van der Waals surface area contributed by atoms with Gasteiger partial charge in [0.25, 0.3) is 3.79 Å². The van der Waals surface area contributed by atoms with Gasteiger partial charge in [0.2, 0.25) is 0 Å². The first-order chi connectivity index (χ1) is 7.34. The largest absolute Gasteiger partial charge is 0.468 e. The first kappa shape index (κ1) is 13.8. The maximum atomic E-state index is 11.2. The first-order valence-corrected chi connectivity index (χ1v) is 5.57. The van der Waals surface area contributed by atoms with Crippen molar-refractivity contribution in [2.45, 2.75) is 22.4 Å². The van der Waals surface area contributed by atoms with E-state index in [4.69, 9.17) is 39.5 Å². The van der Waals surface area contributed by atoms with Crippen LogP contribution in [0.25, 0.3) is 0 Å². The van der Waals surface area contributed by atoms with Crippen molar-refractivity contribution in [2.24, 2.45) is 0 Å². The summed E-state index contributed by atoms with van der Waals surface area (Å²) < 4.78 is 7.34. The molecule has 0 spiro atoms. The molecule has 8 heteroatoms. The molecular formula is C8H10Cl3NO4. The lowest BCUT2D eigenvalue weighted by molar-refractivity contribution is -0.148. The van der Waals surface area contributed by atoms with Crippen LogP contribution in [-0.2, 0) is 19.1 Å². The van der Waals surface area contributed by atoms with E-state index in [-0.39, 0.29) is 0 Å². The quantitative estimate of drug-likeness (QED) is 0.602. The Morgan fingerprint density at radius 2 is 2.00 bits per heavy atom. The maximum absolute atomic E-state index is 11.2. The van der Waals surface area contributed by atoms with Crippen LogP contribution in [0.1, 0.15) is 6.42 Å². The molecule has 1 heterocycles. The van der Waals surface area contributed by atoms with E-state index in [1.807, 2.05) is 0 Å². The van der Waals surface area contributed by atoms with Crippen molar-refractivity contribution in [3.05, 3.63) is 0 Å². The molecule has 0 aromatic heterocycles. The predicted molar refractivity (Wildman–Crippen MR) is 58.6 cm³/mol. The Morgan fingerprint density at radius 3 is 2.50 bits per heavy atom. The van der Waals surface area contributed by atoms with Crippen LogP contribution < -0.4 is 5.32 Å². The van der Waals surface area contributed by atoms with Crippen LogP contribution in [-0.4, -0.2) is 41.5 Å². The summed E-state index contributed by atoms with van der Waals surface area (Å²) in [6.45, 7) is 0.326. The lowest BCUT2D eigenvalue weighted by Crippen LogP contribution is -2.31. The van der Waals surface area contributed by atoms with Gasteiger partial charge in [-0.15, -0.1) is 0 Å². The summed E-state index contributed by atoms with van der Waals surface area (Å²) in [5.41, 5.74) is 0. The molecule has 92 valence electrons. The lowest BCUT2D eigenvalue weighted by Gasteiger charge is -2.15. The van der Waals surface area contributed by atoms with E-state index in [2.05, 4.69) is 10.1 Å². The highest BCUT2D eigenvalue weighted by molar-refractivity contribution is 6.75. The molecular weight excluding hydrogens is 280 g/mol. The van der Waals surface area contributed by atoms with Gasteiger partial charge in [0, 0.05) is 13.0 Å². The monoisotopic (exact) mass is 289 g/mol. The molecule has 1 fully saturated rings. The number of hydrogen-bond donors (Lipinski definition) is 1. The van der Waals surface area contributed by atoms with Crippen molar-refractivity contribution in [2.75, 3.05) is 13.7 Å². The van der Waals surface area contributed by atoms with Gasteiger partial charge < -0.3 is 14.8 Å². The standard InChI is InChI=1S/C8H10Cl3NO4/c1-15-6(13)5-2-4(3-12-5)16-7(14)8(9,10)11/h4-5,12H,2-3H2,1H3/t4-,5-/m0/s1. The van der Waals surface area contributed by atoms with E-state index in [1.54, 1.807) is 0 Å². The van der Waals surface area contributed by atoms with Crippen molar-refractivity contribution in [3.8, 4) is 0 Å². The number of rotatable bonds is 2. The van der Waals surface area contributed by atoms with Gasteiger partial charge in [-0.3, -0.25) is 4.79 Å². The average Bonchev–Trinajstić information content (AvgIpc) is 2.63. The second kappa shape index (κ2) is 5.40. The molecule has 2 atom stereocenters. The Bertz CT molecular complexity index is 291. The van der Waals surface area contributed by atoms with E-state index in [9.17, 15) is 9.59 Å². The summed E-state index contributed by atoms with van der Waals surface area (Å²) >= 11 is 16.0. The highest BCUT2D eigenvalue weighted by Gasteiger charge is 2.38. The number of esters is 2. The molecule has 1 aliphatic rings. The topological polar surface area (TPSA) is 64.6 Å². The van der Waals surface area contributed by atoms with Crippen molar-refractivity contribution in [1.82, 2.24) is 5.32 Å². The van der Waals surface area contributed by atoms with Crippen LogP contribution in [0.15, 0.2) is 0 Å². The van der Waals surface area contributed by atoms with Gasteiger partial charge in [0.05, 0.1) is 7.11 Å². The minimum atomic E-state index is -2.09. The van der Waals surface area contributed by atoms with Crippen LogP contribution in [0.2, 0.25) is 0 Å². The smallest absolute Gasteiger partial charge is 0.358 e. The highest BCUT2D eigenvalue weighted by atomic mass is 35.6. The van der Waals surface area contributed by atoms with Gasteiger partial charge in [-0.05, 0) is 0 Å². The number of hydrogen-bond acceptors (Lipinski definition) is 5. The molecule has 0 saturated carbocycles. The summed E-state index contributed by atoms with van der Waals surface area (Å²) in [7, 11) is 1.28. The van der Waals surface area contributed by atoms with E-state index in [0.29, 0.717) is 13.0 Å². The number of methoxy groups -OCH3 is 1. The molecule has 0 aliphatic carbocycles. The zero-order chi connectivity index (χ0) is 12.3. The van der Waals surface area contributed by atoms with Gasteiger partial charge >= 0.3 is 11.9 Å². The molecule has 5 nitrogen and oxygen atoms in total. The molecule has 0 aromatic rings. The fourth-order valence-corrected chi connectivity index (χ4v) is 1.47. The van der Waals surface area contributed by atoms with Crippen molar-refractivity contribution < 1.29 is 19.1 Å². The summed E-state index contributed by atoms with van der Waals surface area (Å²) in [6.07, 6.45) is -0.189. The van der Waals surface area contributed by atoms with Crippen LogP contribution in [0, 0.1) is 0 Å². The van der Waals surface area contributed by atoms with Crippen molar-refractivity contribution in [3.63, 3.8) is 0 Å². The Hall–Kier alpha value is -0.230. The zero-order valence-corrected chi connectivity index (χ0v) is 10.6. The van der Waals surface area contributed by atoms with Gasteiger partial charge in [-0.25, -0.2) is 4.79 Å². The molecule has 1 rings (SSSR count). The van der Waals surface area contributed by atoms with Crippen LogP contribution in [0.5, 0.6) is 0 Å². The predicted octanol–water partition coefficient (Wildman–Crippen LogP) is 0.803. The second-order valence-electron chi connectivity index (χ2n) is 3.24. The third kappa shape index (κ3) is 3.66. The number of nitrogens with one attached hydrogen (secondary N) is 1. The van der Waals surface area contributed by atoms with Crippen molar-refractivity contribution >= 4 is 46.7 Å². The number of carbonyl (C=O) groups excluding carboxylic acids is 2. The van der Waals surface area contributed by atoms with E-state index in [0.717, 1.165) is 0 Å². The first-order valence-electron chi connectivity index (χ1n) is 4.43. The molecule has 0 amide bonds. The Kier molecular flexibility index (Phi) is 4.67.